The predicted octanol–water partition coefficient (Wildman–Crippen LogP) is 1.14. The molecule has 0 aromatic heterocycles. The highest BCUT2D eigenvalue weighted by molar-refractivity contribution is 7.91. The standard InChI is InChI=1S/C6H8O2S/c1-2-8-6-3-4-9(7)5-6/h3-5H,2H2,1H3. The third-order valence-corrected chi connectivity index (χ3v) is 1.78. The van der Waals surface area contributed by atoms with Crippen molar-refractivity contribution in [1.82, 2.24) is 0 Å². The summed E-state index contributed by atoms with van der Waals surface area (Å²) in [4.78, 5) is 0. The van der Waals surface area contributed by atoms with E-state index in [0.29, 0.717) is 6.61 Å². The van der Waals surface area contributed by atoms with Gasteiger partial charge in [-0.3, -0.25) is 4.21 Å². The van der Waals surface area contributed by atoms with Crippen molar-refractivity contribution in [2.45, 2.75) is 6.92 Å². The van der Waals surface area contributed by atoms with Crippen LogP contribution in [0.2, 0.25) is 0 Å². The number of ether oxygens (including phenoxy) is 1. The van der Waals surface area contributed by atoms with E-state index in [2.05, 4.69) is 0 Å². The lowest BCUT2D eigenvalue weighted by molar-refractivity contribution is 0.244. The van der Waals surface area contributed by atoms with Crippen LogP contribution in [-0.4, -0.2) is 10.8 Å². The fourth-order valence-corrected chi connectivity index (χ4v) is 1.30. The van der Waals surface area contributed by atoms with Gasteiger partial charge >= 0.3 is 0 Å². The van der Waals surface area contributed by atoms with Crippen LogP contribution in [-0.2, 0) is 15.5 Å². The maximum Gasteiger partial charge on any atom is 0.129 e. The molecule has 1 aliphatic heterocycles. The van der Waals surface area contributed by atoms with Crippen LogP contribution >= 0.6 is 0 Å². The van der Waals surface area contributed by atoms with Gasteiger partial charge in [-0.25, -0.2) is 0 Å². The van der Waals surface area contributed by atoms with Crippen LogP contribution in [0.1, 0.15) is 6.92 Å². The molecule has 0 aromatic rings. The SMILES string of the molecule is CCOC1=CS(=O)C=C1. The minimum absolute atomic E-state index is 0.632. The largest absolute Gasteiger partial charge is 0.493 e. The Kier molecular flexibility index (Phi) is 2.05. The second kappa shape index (κ2) is 2.82. The molecule has 2 nitrogen and oxygen atoms in total. The fourth-order valence-electron chi connectivity index (χ4n) is 0.576. The van der Waals surface area contributed by atoms with Gasteiger partial charge in [0.2, 0.25) is 0 Å². The maximum atomic E-state index is 10.6. The van der Waals surface area contributed by atoms with E-state index in [-0.39, 0.29) is 0 Å². The van der Waals surface area contributed by atoms with E-state index in [4.69, 9.17) is 4.74 Å². The lowest BCUT2D eigenvalue weighted by Crippen LogP contribution is -1.84. The summed E-state index contributed by atoms with van der Waals surface area (Å²) in [6.45, 7) is 2.53. The van der Waals surface area contributed by atoms with Gasteiger partial charge in [-0.2, -0.15) is 0 Å². The summed E-state index contributed by atoms with van der Waals surface area (Å²) in [5.74, 6) is 0.718. The molecule has 9 heavy (non-hydrogen) atoms. The molecule has 50 valence electrons. The lowest BCUT2D eigenvalue weighted by Gasteiger charge is -1.96. The summed E-state index contributed by atoms with van der Waals surface area (Å²) in [7, 11) is -0.922. The van der Waals surface area contributed by atoms with E-state index < -0.39 is 10.8 Å². The molecule has 0 fully saturated rings. The molecular formula is C6H8O2S. The van der Waals surface area contributed by atoms with Crippen molar-refractivity contribution in [1.29, 1.82) is 0 Å². The number of allylic oxidation sites excluding steroid dienone is 1. The molecule has 1 rings (SSSR count). The Morgan fingerprint density at radius 2 is 2.56 bits per heavy atom. The first-order chi connectivity index (χ1) is 4.33. The van der Waals surface area contributed by atoms with Gasteiger partial charge < -0.3 is 4.74 Å². The number of hydrogen-bond acceptors (Lipinski definition) is 2. The average Bonchev–Trinajstić information content (AvgIpc) is 2.17. The van der Waals surface area contributed by atoms with Crippen molar-refractivity contribution in [2.24, 2.45) is 0 Å². The Hall–Kier alpha value is -0.570. The topological polar surface area (TPSA) is 26.3 Å². The Morgan fingerprint density at radius 3 is 3.00 bits per heavy atom. The molecule has 0 saturated carbocycles. The fraction of sp³-hybridized carbons (Fsp3) is 0.333. The molecule has 0 radical (unpaired) electrons. The number of hydrogen-bond donors (Lipinski definition) is 0. The molecule has 1 heterocycles. The van der Waals surface area contributed by atoms with Gasteiger partial charge in [0.1, 0.15) is 5.76 Å². The van der Waals surface area contributed by atoms with Crippen LogP contribution in [0, 0.1) is 0 Å². The van der Waals surface area contributed by atoms with Crippen molar-refractivity contribution in [3.8, 4) is 0 Å². The zero-order valence-corrected chi connectivity index (χ0v) is 5.98. The van der Waals surface area contributed by atoms with E-state index >= 15 is 0 Å². The Morgan fingerprint density at radius 1 is 1.78 bits per heavy atom. The maximum absolute atomic E-state index is 10.6. The predicted molar refractivity (Wildman–Crippen MR) is 37.0 cm³/mol. The highest BCUT2D eigenvalue weighted by atomic mass is 32.2. The third-order valence-electron chi connectivity index (χ3n) is 0.910. The normalized spacial score (nSPS) is 24.1. The van der Waals surface area contributed by atoms with Crippen molar-refractivity contribution in [3.05, 3.63) is 22.7 Å². The average molecular weight is 144 g/mol. The lowest BCUT2D eigenvalue weighted by atomic mass is 10.5. The molecule has 0 spiro atoms. The second-order valence-electron chi connectivity index (χ2n) is 1.58. The van der Waals surface area contributed by atoms with Crippen molar-refractivity contribution >= 4 is 10.8 Å². The van der Waals surface area contributed by atoms with E-state index in [1.54, 1.807) is 16.9 Å². The van der Waals surface area contributed by atoms with Crippen LogP contribution in [0.3, 0.4) is 0 Å². The van der Waals surface area contributed by atoms with Gasteiger partial charge in [0.15, 0.2) is 0 Å². The van der Waals surface area contributed by atoms with Crippen LogP contribution in [0.15, 0.2) is 22.7 Å². The van der Waals surface area contributed by atoms with E-state index in [0.717, 1.165) is 5.76 Å². The first kappa shape index (κ1) is 6.55. The van der Waals surface area contributed by atoms with Crippen LogP contribution < -0.4 is 0 Å². The molecule has 1 unspecified atom stereocenters. The Balaban J connectivity index is 2.53. The molecule has 0 bridgehead atoms. The van der Waals surface area contributed by atoms with Gasteiger partial charge in [0, 0.05) is 10.8 Å². The van der Waals surface area contributed by atoms with E-state index in [9.17, 15) is 4.21 Å². The van der Waals surface area contributed by atoms with Crippen LogP contribution in [0.25, 0.3) is 0 Å². The van der Waals surface area contributed by atoms with Gasteiger partial charge in [-0.05, 0) is 13.0 Å². The summed E-state index contributed by atoms with van der Waals surface area (Å²) in [5.41, 5.74) is 0. The minimum Gasteiger partial charge on any atom is -0.493 e. The molecule has 1 atom stereocenters. The molecule has 0 N–H and O–H groups in total. The number of rotatable bonds is 2. The van der Waals surface area contributed by atoms with Crippen LogP contribution in [0.4, 0.5) is 0 Å². The van der Waals surface area contributed by atoms with Gasteiger partial charge in [-0.1, -0.05) is 0 Å². The summed E-state index contributed by atoms with van der Waals surface area (Å²) in [5, 5.41) is 3.19. The minimum atomic E-state index is -0.922. The first-order valence-corrected chi connectivity index (χ1v) is 4.02. The first-order valence-electron chi connectivity index (χ1n) is 2.75. The monoisotopic (exact) mass is 144 g/mol. The van der Waals surface area contributed by atoms with Crippen molar-refractivity contribution < 1.29 is 8.95 Å². The Labute approximate surface area is 56.7 Å². The molecule has 0 aromatic carbocycles. The van der Waals surface area contributed by atoms with Gasteiger partial charge in [0.25, 0.3) is 0 Å². The summed E-state index contributed by atoms with van der Waals surface area (Å²) in [6.07, 6.45) is 1.72. The van der Waals surface area contributed by atoms with Crippen molar-refractivity contribution in [3.63, 3.8) is 0 Å². The summed E-state index contributed by atoms with van der Waals surface area (Å²) < 4.78 is 15.7. The highest BCUT2D eigenvalue weighted by Crippen LogP contribution is 2.09. The summed E-state index contributed by atoms with van der Waals surface area (Å²) >= 11 is 0. The zero-order chi connectivity index (χ0) is 6.69. The highest BCUT2D eigenvalue weighted by Gasteiger charge is 2.01. The molecule has 0 aliphatic carbocycles. The Bertz CT molecular complexity index is 181. The van der Waals surface area contributed by atoms with Crippen molar-refractivity contribution in [2.75, 3.05) is 6.61 Å². The van der Waals surface area contributed by atoms with Gasteiger partial charge in [0.05, 0.1) is 17.4 Å². The molecule has 0 amide bonds. The zero-order valence-electron chi connectivity index (χ0n) is 5.16. The molecular weight excluding hydrogens is 136 g/mol. The van der Waals surface area contributed by atoms with E-state index in [1.807, 2.05) is 6.92 Å². The summed E-state index contributed by atoms with van der Waals surface area (Å²) in [6, 6.07) is 0. The third kappa shape index (κ3) is 1.68. The van der Waals surface area contributed by atoms with Crippen LogP contribution in [0.5, 0.6) is 0 Å². The molecule has 1 aliphatic rings. The van der Waals surface area contributed by atoms with E-state index in [1.165, 1.54) is 0 Å². The molecule has 0 saturated heterocycles. The molecule has 3 heteroatoms. The quantitative estimate of drug-likeness (QED) is 0.581. The second-order valence-corrected chi connectivity index (χ2v) is 2.75. The smallest absolute Gasteiger partial charge is 0.129 e. The van der Waals surface area contributed by atoms with Gasteiger partial charge in [-0.15, -0.1) is 0 Å².